The number of hydrogen-bond acceptors (Lipinski definition) is 6. The number of hydrogen-bond donors (Lipinski definition) is 1. The molecule has 3 aliphatic heterocycles. The number of para-hydroxylation sites is 1. The Balaban J connectivity index is 1.68. The van der Waals surface area contributed by atoms with Gasteiger partial charge in [-0.15, -0.1) is 5.10 Å². The highest BCUT2D eigenvalue weighted by atomic mass is 32.2. The van der Waals surface area contributed by atoms with Crippen molar-refractivity contribution in [1.82, 2.24) is 24.1 Å². The number of nitrogens with one attached hydrogen (secondary N) is 1. The maximum absolute atomic E-state index is 13.2. The summed E-state index contributed by atoms with van der Waals surface area (Å²) in [6.07, 6.45) is 5.89. The molecular formula is C20H25N5O3S2. The van der Waals surface area contributed by atoms with Gasteiger partial charge in [-0.3, -0.25) is 4.79 Å². The van der Waals surface area contributed by atoms with Gasteiger partial charge >= 0.3 is 0 Å². The number of aromatic nitrogens is 4. The van der Waals surface area contributed by atoms with Crippen molar-refractivity contribution in [3.05, 3.63) is 46.4 Å². The fraction of sp³-hybridized carbons (Fsp3) is 0.450. The summed E-state index contributed by atoms with van der Waals surface area (Å²) in [6, 6.07) is 9.41. The van der Waals surface area contributed by atoms with E-state index in [0.717, 1.165) is 60.8 Å². The van der Waals surface area contributed by atoms with Gasteiger partial charge in [0.05, 0.1) is 11.9 Å². The smallest absolute Gasteiger partial charge is 0.284 e. The Morgan fingerprint density at radius 1 is 1.17 bits per heavy atom. The first-order chi connectivity index (χ1) is 14.4. The molecule has 3 aliphatic rings. The predicted octanol–water partition coefficient (Wildman–Crippen LogP) is 2.29. The zero-order valence-corrected chi connectivity index (χ0v) is 18.5. The maximum atomic E-state index is 13.2. The van der Waals surface area contributed by atoms with Gasteiger partial charge in [0.2, 0.25) is 10.0 Å². The molecule has 0 bridgehead atoms. The molecule has 30 heavy (non-hydrogen) atoms. The van der Waals surface area contributed by atoms with E-state index in [9.17, 15) is 13.2 Å². The van der Waals surface area contributed by atoms with Crippen LogP contribution in [0, 0.1) is 0 Å². The van der Waals surface area contributed by atoms with E-state index in [0.29, 0.717) is 24.4 Å². The molecule has 0 saturated heterocycles. The van der Waals surface area contributed by atoms with Crippen LogP contribution in [0.4, 0.5) is 0 Å². The summed E-state index contributed by atoms with van der Waals surface area (Å²) in [5.74, 6) is 1.21. The average molecular weight is 448 g/mol. The van der Waals surface area contributed by atoms with Gasteiger partial charge in [-0.2, -0.15) is 4.68 Å². The Kier molecular flexibility index (Phi) is 6.26. The normalized spacial score (nSPS) is 14.6. The maximum Gasteiger partial charge on any atom is 0.284 e. The lowest BCUT2D eigenvalue weighted by Crippen LogP contribution is -2.23. The molecule has 1 aromatic rings. The number of fused-ring (bicyclic) bond motifs is 3. The zero-order chi connectivity index (χ0) is 21.1. The van der Waals surface area contributed by atoms with Crippen molar-refractivity contribution in [2.24, 2.45) is 0 Å². The third-order valence-corrected chi connectivity index (χ3v) is 6.88. The molecule has 0 amide bonds. The van der Waals surface area contributed by atoms with Gasteiger partial charge in [-0.05, 0) is 37.8 Å². The minimum absolute atomic E-state index is 0.122. The molecule has 4 rings (SSSR count). The summed E-state index contributed by atoms with van der Waals surface area (Å²) in [5.41, 5.74) is 2.24. The second-order valence-corrected chi connectivity index (χ2v) is 10.3. The van der Waals surface area contributed by atoms with E-state index in [1.54, 1.807) is 11.8 Å². The van der Waals surface area contributed by atoms with Crippen LogP contribution in [0.3, 0.4) is 0 Å². The Labute approximate surface area is 180 Å². The van der Waals surface area contributed by atoms with Crippen LogP contribution >= 0.6 is 11.8 Å². The van der Waals surface area contributed by atoms with E-state index in [-0.39, 0.29) is 5.56 Å². The largest absolute Gasteiger partial charge is 0.324 e. The van der Waals surface area contributed by atoms with Gasteiger partial charge in [-0.25, -0.2) is 18.1 Å². The SMILES string of the molecule is CS(=O)(=O)NCCCSc1nc2nn(-c3ccccc3)c(=O)c-2c2n1CCCCC2. The minimum atomic E-state index is -3.17. The number of sulfonamides is 1. The first kappa shape index (κ1) is 21.1. The molecule has 10 heteroatoms. The molecule has 160 valence electrons. The fourth-order valence-electron chi connectivity index (χ4n) is 3.70. The lowest BCUT2D eigenvalue weighted by atomic mass is 10.1. The van der Waals surface area contributed by atoms with E-state index >= 15 is 0 Å². The van der Waals surface area contributed by atoms with Crippen LogP contribution in [0.15, 0.2) is 40.3 Å². The average Bonchev–Trinajstić information content (AvgIpc) is 2.89. The molecule has 0 radical (unpaired) electrons. The molecule has 1 N–H and O–H groups in total. The zero-order valence-electron chi connectivity index (χ0n) is 16.9. The quantitative estimate of drug-likeness (QED) is 0.339. The van der Waals surface area contributed by atoms with Crippen molar-refractivity contribution >= 4 is 21.8 Å². The van der Waals surface area contributed by atoms with Crippen molar-refractivity contribution in [3.8, 4) is 17.1 Å². The summed E-state index contributed by atoms with van der Waals surface area (Å²) in [7, 11) is -3.17. The molecule has 1 aromatic carbocycles. The highest BCUT2D eigenvalue weighted by molar-refractivity contribution is 7.99. The summed E-state index contributed by atoms with van der Waals surface area (Å²) in [6.45, 7) is 1.23. The van der Waals surface area contributed by atoms with Crippen LogP contribution < -0.4 is 10.3 Å². The Morgan fingerprint density at radius 2 is 1.97 bits per heavy atom. The first-order valence-electron chi connectivity index (χ1n) is 10.1. The molecule has 3 heterocycles. The van der Waals surface area contributed by atoms with Crippen LogP contribution in [0.1, 0.15) is 31.4 Å². The topological polar surface area (TPSA) is 98.9 Å². The lowest BCUT2D eigenvalue weighted by Gasteiger charge is -2.17. The summed E-state index contributed by atoms with van der Waals surface area (Å²) in [5, 5.41) is 5.38. The van der Waals surface area contributed by atoms with Crippen molar-refractivity contribution in [3.63, 3.8) is 0 Å². The van der Waals surface area contributed by atoms with Gasteiger partial charge in [-0.1, -0.05) is 36.4 Å². The van der Waals surface area contributed by atoms with Gasteiger partial charge in [0.1, 0.15) is 5.56 Å². The van der Waals surface area contributed by atoms with Gasteiger partial charge in [0.25, 0.3) is 5.56 Å². The van der Waals surface area contributed by atoms with Crippen LogP contribution in [0.25, 0.3) is 17.1 Å². The van der Waals surface area contributed by atoms with Gasteiger partial charge in [0.15, 0.2) is 11.0 Å². The summed E-state index contributed by atoms with van der Waals surface area (Å²) >= 11 is 1.59. The van der Waals surface area contributed by atoms with Crippen molar-refractivity contribution in [2.75, 3.05) is 18.6 Å². The van der Waals surface area contributed by atoms with Crippen LogP contribution in [-0.2, 0) is 23.0 Å². The predicted molar refractivity (Wildman–Crippen MR) is 118 cm³/mol. The fourth-order valence-corrected chi connectivity index (χ4v) is 5.20. The van der Waals surface area contributed by atoms with Crippen molar-refractivity contribution < 1.29 is 8.42 Å². The van der Waals surface area contributed by atoms with E-state index in [1.807, 2.05) is 30.3 Å². The Bertz CT molecular complexity index is 1160. The van der Waals surface area contributed by atoms with Crippen molar-refractivity contribution in [2.45, 2.75) is 43.8 Å². The highest BCUT2D eigenvalue weighted by Gasteiger charge is 2.26. The molecule has 0 spiro atoms. The summed E-state index contributed by atoms with van der Waals surface area (Å²) < 4.78 is 28.6. The summed E-state index contributed by atoms with van der Waals surface area (Å²) in [4.78, 5) is 17.9. The Morgan fingerprint density at radius 3 is 2.73 bits per heavy atom. The van der Waals surface area contributed by atoms with Gasteiger partial charge < -0.3 is 4.57 Å². The number of thioether (sulfide) groups is 1. The van der Waals surface area contributed by atoms with Crippen LogP contribution in [0.5, 0.6) is 0 Å². The van der Waals surface area contributed by atoms with E-state index in [4.69, 9.17) is 4.98 Å². The second-order valence-electron chi connectivity index (χ2n) is 7.42. The first-order valence-corrected chi connectivity index (χ1v) is 13.0. The Hall–Kier alpha value is -2.17. The molecule has 0 saturated carbocycles. The monoisotopic (exact) mass is 447 g/mol. The van der Waals surface area contributed by atoms with E-state index in [1.165, 1.54) is 4.68 Å². The molecule has 0 aromatic heterocycles. The molecule has 0 atom stereocenters. The lowest BCUT2D eigenvalue weighted by molar-refractivity contribution is 0.571. The second kappa shape index (κ2) is 8.91. The van der Waals surface area contributed by atoms with Gasteiger partial charge in [0, 0.05) is 24.5 Å². The standard InChI is InChI=1S/C20H25N5O3S2/c1-30(27,28)21-12-8-14-29-20-22-18-17(16-11-6-3-7-13-24(16)20)19(26)25(23-18)15-9-4-2-5-10-15/h2,4-5,9-10,21H,3,6-8,11-14H2,1H3. The van der Waals surface area contributed by atoms with Crippen LogP contribution in [0.2, 0.25) is 0 Å². The number of rotatable bonds is 7. The minimum Gasteiger partial charge on any atom is -0.324 e. The third kappa shape index (κ3) is 4.60. The van der Waals surface area contributed by atoms with Crippen LogP contribution in [-0.4, -0.2) is 46.3 Å². The molecular weight excluding hydrogens is 422 g/mol. The highest BCUT2D eigenvalue weighted by Crippen LogP contribution is 2.30. The number of nitrogens with zero attached hydrogens (tertiary/aromatic N) is 4. The number of benzene rings is 1. The third-order valence-electron chi connectivity index (χ3n) is 5.08. The molecule has 0 fully saturated rings. The van der Waals surface area contributed by atoms with E-state index < -0.39 is 10.0 Å². The van der Waals surface area contributed by atoms with Crippen molar-refractivity contribution in [1.29, 1.82) is 0 Å². The van der Waals surface area contributed by atoms with E-state index in [2.05, 4.69) is 14.4 Å². The molecule has 8 nitrogen and oxygen atoms in total. The molecule has 0 aliphatic carbocycles. The molecule has 0 unspecified atom stereocenters.